The molecule has 0 spiro atoms. The van der Waals surface area contributed by atoms with Crippen LogP contribution in [-0.4, -0.2) is 11.0 Å². The number of nitrogens with zero attached hydrogens (tertiary/aromatic N) is 1. The predicted octanol–water partition coefficient (Wildman–Crippen LogP) is 1.76. The molecule has 4 heteroatoms. The molecule has 1 unspecified atom stereocenters. The summed E-state index contributed by atoms with van der Waals surface area (Å²) in [4.78, 5) is 5.33. The predicted molar refractivity (Wildman–Crippen MR) is 67.1 cm³/mol. The van der Waals surface area contributed by atoms with Gasteiger partial charge in [0.2, 0.25) is 0 Å². The second-order valence-electron chi connectivity index (χ2n) is 3.73. The number of thiazole rings is 1. The second kappa shape index (κ2) is 5.75. The van der Waals surface area contributed by atoms with E-state index < -0.39 is 0 Å². The number of rotatable bonds is 5. The van der Waals surface area contributed by atoms with Crippen molar-refractivity contribution in [2.75, 3.05) is 0 Å². The van der Waals surface area contributed by atoms with Crippen molar-refractivity contribution >= 4 is 11.3 Å². The Morgan fingerprint density at radius 2 is 2.06 bits per heavy atom. The van der Waals surface area contributed by atoms with Gasteiger partial charge < -0.3 is 0 Å². The molecule has 0 aliphatic carbocycles. The summed E-state index contributed by atoms with van der Waals surface area (Å²) < 4.78 is 0. The monoisotopic (exact) mass is 233 g/mol. The third kappa shape index (κ3) is 3.13. The zero-order valence-electron chi connectivity index (χ0n) is 8.97. The Kier molecular flexibility index (Phi) is 4.04. The van der Waals surface area contributed by atoms with E-state index in [-0.39, 0.29) is 6.04 Å². The first-order valence-electron chi connectivity index (χ1n) is 5.26. The summed E-state index contributed by atoms with van der Waals surface area (Å²) in [5.41, 5.74) is 6.02. The zero-order chi connectivity index (χ0) is 11.2. The maximum Gasteiger partial charge on any atom is 0.0794 e. The Balaban J connectivity index is 1.96. The summed E-state index contributed by atoms with van der Waals surface area (Å²) in [6.45, 7) is 0. The van der Waals surface area contributed by atoms with Crippen LogP contribution in [0.2, 0.25) is 0 Å². The van der Waals surface area contributed by atoms with Gasteiger partial charge in [0, 0.05) is 23.5 Å². The molecule has 3 nitrogen and oxygen atoms in total. The molecule has 0 bridgehead atoms. The number of aromatic nitrogens is 1. The van der Waals surface area contributed by atoms with Gasteiger partial charge in [-0.15, -0.1) is 11.3 Å². The molecule has 0 radical (unpaired) electrons. The molecule has 84 valence electrons. The number of nitrogens with two attached hydrogens (primary N) is 1. The first-order chi connectivity index (χ1) is 7.88. The van der Waals surface area contributed by atoms with Crippen molar-refractivity contribution < 1.29 is 0 Å². The third-order valence-corrected chi connectivity index (χ3v) is 3.29. The Morgan fingerprint density at radius 1 is 1.25 bits per heavy atom. The lowest BCUT2D eigenvalue weighted by atomic mass is 10.0. The zero-order valence-corrected chi connectivity index (χ0v) is 9.78. The second-order valence-corrected chi connectivity index (χ2v) is 4.70. The summed E-state index contributed by atoms with van der Waals surface area (Å²) in [5, 5.41) is 0. The van der Waals surface area contributed by atoms with Gasteiger partial charge in [0.05, 0.1) is 5.51 Å². The topological polar surface area (TPSA) is 50.9 Å². The van der Waals surface area contributed by atoms with Gasteiger partial charge >= 0.3 is 0 Å². The SMILES string of the molecule is NNC(Cc1ccccc1)Cc1cncs1. The molecule has 0 fully saturated rings. The van der Waals surface area contributed by atoms with Crippen molar-refractivity contribution in [2.45, 2.75) is 18.9 Å². The minimum atomic E-state index is 0.267. The Bertz CT molecular complexity index is 399. The van der Waals surface area contributed by atoms with E-state index in [4.69, 9.17) is 5.84 Å². The first kappa shape index (κ1) is 11.3. The largest absolute Gasteiger partial charge is 0.271 e. The Morgan fingerprint density at radius 3 is 2.69 bits per heavy atom. The number of hydrogen-bond donors (Lipinski definition) is 2. The van der Waals surface area contributed by atoms with Gasteiger partial charge in [0.15, 0.2) is 0 Å². The molecular formula is C12H15N3S. The molecule has 3 N–H and O–H groups in total. The molecule has 1 aromatic carbocycles. The number of benzene rings is 1. The third-order valence-electron chi connectivity index (χ3n) is 2.49. The number of hydrogen-bond acceptors (Lipinski definition) is 4. The maximum absolute atomic E-state index is 5.57. The fourth-order valence-corrected chi connectivity index (χ4v) is 2.35. The molecule has 0 saturated heterocycles. The Labute approximate surface area is 99.3 Å². The van der Waals surface area contributed by atoms with Crippen molar-refractivity contribution in [3.05, 3.63) is 52.5 Å². The van der Waals surface area contributed by atoms with Crippen molar-refractivity contribution in [3.63, 3.8) is 0 Å². The highest BCUT2D eigenvalue weighted by atomic mass is 32.1. The van der Waals surface area contributed by atoms with Crippen LogP contribution < -0.4 is 11.3 Å². The molecule has 2 rings (SSSR count). The van der Waals surface area contributed by atoms with Gasteiger partial charge in [-0.25, -0.2) is 0 Å². The summed E-state index contributed by atoms with van der Waals surface area (Å²) in [5.74, 6) is 5.57. The van der Waals surface area contributed by atoms with Gasteiger partial charge in [-0.05, 0) is 12.0 Å². The highest BCUT2D eigenvalue weighted by Gasteiger charge is 2.09. The summed E-state index contributed by atoms with van der Waals surface area (Å²) in [6.07, 6.45) is 3.77. The van der Waals surface area contributed by atoms with E-state index in [1.165, 1.54) is 10.4 Å². The van der Waals surface area contributed by atoms with Crippen LogP contribution in [0, 0.1) is 0 Å². The van der Waals surface area contributed by atoms with Crippen LogP contribution in [0.4, 0.5) is 0 Å². The van der Waals surface area contributed by atoms with Crippen LogP contribution in [0.3, 0.4) is 0 Å². The van der Waals surface area contributed by atoms with E-state index in [0.29, 0.717) is 0 Å². The fraction of sp³-hybridized carbons (Fsp3) is 0.250. The lowest BCUT2D eigenvalue weighted by Crippen LogP contribution is -2.38. The minimum Gasteiger partial charge on any atom is -0.271 e. The molecule has 0 aliphatic rings. The highest BCUT2D eigenvalue weighted by molar-refractivity contribution is 7.09. The van der Waals surface area contributed by atoms with E-state index in [9.17, 15) is 0 Å². The van der Waals surface area contributed by atoms with Gasteiger partial charge in [-0.3, -0.25) is 16.3 Å². The lowest BCUT2D eigenvalue weighted by molar-refractivity contribution is 0.525. The summed E-state index contributed by atoms with van der Waals surface area (Å²) in [7, 11) is 0. The minimum absolute atomic E-state index is 0.267. The number of nitrogens with one attached hydrogen (secondary N) is 1. The molecule has 1 heterocycles. The van der Waals surface area contributed by atoms with Crippen LogP contribution >= 0.6 is 11.3 Å². The van der Waals surface area contributed by atoms with Crippen LogP contribution in [0.15, 0.2) is 42.0 Å². The molecule has 1 aromatic heterocycles. The van der Waals surface area contributed by atoms with Crippen molar-refractivity contribution in [3.8, 4) is 0 Å². The highest BCUT2D eigenvalue weighted by Crippen LogP contribution is 2.11. The molecule has 0 aliphatic heterocycles. The average molecular weight is 233 g/mol. The summed E-state index contributed by atoms with van der Waals surface area (Å²) in [6, 6.07) is 10.6. The molecule has 0 saturated carbocycles. The normalized spacial score (nSPS) is 12.6. The molecule has 16 heavy (non-hydrogen) atoms. The summed E-state index contributed by atoms with van der Waals surface area (Å²) >= 11 is 1.67. The van der Waals surface area contributed by atoms with Gasteiger partial charge in [-0.2, -0.15) is 0 Å². The molecule has 0 amide bonds. The lowest BCUT2D eigenvalue weighted by Gasteiger charge is -2.14. The number of hydrazine groups is 1. The van der Waals surface area contributed by atoms with Gasteiger partial charge in [-0.1, -0.05) is 30.3 Å². The molecular weight excluding hydrogens is 218 g/mol. The average Bonchev–Trinajstić information content (AvgIpc) is 2.82. The van der Waals surface area contributed by atoms with Gasteiger partial charge in [0.1, 0.15) is 0 Å². The van der Waals surface area contributed by atoms with E-state index in [1.54, 1.807) is 11.3 Å². The van der Waals surface area contributed by atoms with E-state index >= 15 is 0 Å². The van der Waals surface area contributed by atoms with E-state index in [2.05, 4.69) is 34.7 Å². The smallest absolute Gasteiger partial charge is 0.0794 e. The van der Waals surface area contributed by atoms with Crippen LogP contribution in [-0.2, 0) is 12.8 Å². The maximum atomic E-state index is 5.57. The molecule has 1 atom stereocenters. The quantitative estimate of drug-likeness (QED) is 0.611. The van der Waals surface area contributed by atoms with Crippen LogP contribution in [0.5, 0.6) is 0 Å². The van der Waals surface area contributed by atoms with Crippen LogP contribution in [0.25, 0.3) is 0 Å². The standard InChI is InChI=1S/C12H15N3S/c13-15-11(7-12-8-14-9-16-12)6-10-4-2-1-3-5-10/h1-5,8-9,11,15H,6-7,13H2. The fourth-order valence-electron chi connectivity index (χ4n) is 1.67. The Hall–Kier alpha value is -1.23. The van der Waals surface area contributed by atoms with E-state index in [1.807, 2.05) is 17.8 Å². The van der Waals surface area contributed by atoms with Crippen LogP contribution in [0.1, 0.15) is 10.4 Å². The molecule has 2 aromatic rings. The van der Waals surface area contributed by atoms with Gasteiger partial charge in [0.25, 0.3) is 0 Å². The first-order valence-corrected chi connectivity index (χ1v) is 6.14. The van der Waals surface area contributed by atoms with E-state index in [0.717, 1.165) is 12.8 Å². The van der Waals surface area contributed by atoms with Crippen molar-refractivity contribution in [1.82, 2.24) is 10.4 Å². The van der Waals surface area contributed by atoms with Crippen molar-refractivity contribution in [1.29, 1.82) is 0 Å². The van der Waals surface area contributed by atoms with Crippen molar-refractivity contribution in [2.24, 2.45) is 5.84 Å².